The van der Waals surface area contributed by atoms with Gasteiger partial charge >= 0.3 is 0 Å². The maximum absolute atomic E-state index is 8.65. The van der Waals surface area contributed by atoms with Crippen molar-refractivity contribution in [2.45, 2.75) is 19.4 Å². The normalized spacial score (nSPS) is 13.4. The molecule has 0 radical (unpaired) electrons. The number of aliphatic hydroxyl groups is 2. The Morgan fingerprint density at radius 3 is 2.38 bits per heavy atom. The molecule has 0 fully saturated rings. The summed E-state index contributed by atoms with van der Waals surface area (Å²) in [4.78, 5) is 0. The highest BCUT2D eigenvalue weighted by Gasteiger charge is 2.04. The average Bonchev–Trinajstić information content (AvgIpc) is 1.84. The van der Waals surface area contributed by atoms with E-state index in [1.165, 1.54) is 0 Å². The second-order valence-corrected chi connectivity index (χ2v) is 1.58. The molecule has 0 saturated heterocycles. The van der Waals surface area contributed by atoms with E-state index >= 15 is 0 Å². The van der Waals surface area contributed by atoms with Gasteiger partial charge in [0.15, 0.2) is 0 Å². The Balaban J connectivity index is 3.46. The Bertz CT molecular complexity index is 82.5. The molecule has 8 heavy (non-hydrogen) atoms. The van der Waals surface area contributed by atoms with Crippen molar-refractivity contribution in [3.05, 3.63) is 0 Å². The highest BCUT2D eigenvalue weighted by atomic mass is 16.3. The van der Waals surface area contributed by atoms with Gasteiger partial charge in [-0.15, -0.1) is 0 Å². The van der Waals surface area contributed by atoms with Gasteiger partial charge in [0.1, 0.15) is 6.10 Å². The number of hydrogen-bond acceptors (Lipinski definition) is 3. The Kier molecular flexibility index (Phi) is 3.39. The van der Waals surface area contributed by atoms with Gasteiger partial charge in [0.05, 0.1) is 6.61 Å². The largest absolute Gasteiger partial charge is 0.393 e. The fraction of sp³-hybridized carbons (Fsp3) is 0.800. The third-order valence-corrected chi connectivity index (χ3v) is 0.956. The molecule has 3 N–H and O–H groups in total. The van der Waals surface area contributed by atoms with Crippen LogP contribution in [-0.2, 0) is 0 Å². The fourth-order valence-electron chi connectivity index (χ4n) is 0.346. The van der Waals surface area contributed by atoms with Crippen LogP contribution in [0.4, 0.5) is 0 Å². The molecule has 3 nitrogen and oxygen atoms in total. The summed E-state index contributed by atoms with van der Waals surface area (Å²) in [5.74, 6) is 0. The highest BCUT2D eigenvalue weighted by molar-refractivity contribution is 5.85. The summed E-state index contributed by atoms with van der Waals surface area (Å²) < 4.78 is 0. The van der Waals surface area contributed by atoms with Crippen molar-refractivity contribution < 1.29 is 10.2 Å². The summed E-state index contributed by atoms with van der Waals surface area (Å²) in [7, 11) is 0. The third kappa shape index (κ3) is 2.04. The van der Waals surface area contributed by atoms with Gasteiger partial charge in [0, 0.05) is 5.71 Å². The second kappa shape index (κ2) is 3.57. The zero-order chi connectivity index (χ0) is 6.57. The molecule has 3 heteroatoms. The van der Waals surface area contributed by atoms with E-state index in [9.17, 15) is 0 Å². The van der Waals surface area contributed by atoms with Crippen LogP contribution >= 0.6 is 0 Å². The molecule has 1 unspecified atom stereocenters. The van der Waals surface area contributed by atoms with Gasteiger partial charge < -0.3 is 15.6 Å². The lowest BCUT2D eigenvalue weighted by Crippen LogP contribution is -2.22. The van der Waals surface area contributed by atoms with Crippen molar-refractivity contribution in [1.29, 1.82) is 5.41 Å². The van der Waals surface area contributed by atoms with Crippen LogP contribution in [0.3, 0.4) is 0 Å². The number of hydrogen-bond donors (Lipinski definition) is 3. The van der Waals surface area contributed by atoms with E-state index in [1.54, 1.807) is 6.92 Å². The van der Waals surface area contributed by atoms with Crippen LogP contribution in [0.1, 0.15) is 13.3 Å². The highest BCUT2D eigenvalue weighted by Crippen LogP contribution is 1.88. The van der Waals surface area contributed by atoms with Crippen molar-refractivity contribution in [3.63, 3.8) is 0 Å². The molecule has 0 bridgehead atoms. The quantitative estimate of drug-likeness (QED) is 0.447. The predicted molar refractivity (Wildman–Crippen MR) is 31.1 cm³/mol. The van der Waals surface area contributed by atoms with E-state index in [0.717, 1.165) is 0 Å². The van der Waals surface area contributed by atoms with Crippen LogP contribution in [0.5, 0.6) is 0 Å². The SMILES string of the molecule is CCC(=N)C(O)CO. The molecule has 0 aliphatic carbocycles. The van der Waals surface area contributed by atoms with Crippen molar-refractivity contribution >= 4 is 5.71 Å². The van der Waals surface area contributed by atoms with Crippen LogP contribution in [0.15, 0.2) is 0 Å². The Morgan fingerprint density at radius 1 is 1.75 bits per heavy atom. The molecule has 0 heterocycles. The molecule has 0 aromatic heterocycles. The molecular formula is C5H11NO2. The molecule has 0 aliphatic rings. The molecular weight excluding hydrogens is 106 g/mol. The average molecular weight is 117 g/mol. The van der Waals surface area contributed by atoms with Gasteiger partial charge in [-0.25, -0.2) is 0 Å². The zero-order valence-electron chi connectivity index (χ0n) is 4.89. The first-order chi connectivity index (χ1) is 3.72. The maximum atomic E-state index is 8.65. The van der Waals surface area contributed by atoms with Crippen LogP contribution in [0.25, 0.3) is 0 Å². The van der Waals surface area contributed by atoms with E-state index < -0.39 is 6.10 Å². The topological polar surface area (TPSA) is 64.3 Å². The van der Waals surface area contributed by atoms with E-state index in [-0.39, 0.29) is 12.3 Å². The monoisotopic (exact) mass is 117 g/mol. The summed E-state index contributed by atoms with van der Waals surface area (Å²) >= 11 is 0. The standard InChI is InChI=1S/C5H11NO2/c1-2-4(6)5(8)3-7/h5-8H,2-3H2,1H3. The fourth-order valence-corrected chi connectivity index (χ4v) is 0.346. The minimum Gasteiger partial charge on any atom is -0.393 e. The lowest BCUT2D eigenvalue weighted by molar-refractivity contribution is 0.142. The molecule has 0 rings (SSSR count). The van der Waals surface area contributed by atoms with Crippen LogP contribution in [0, 0.1) is 5.41 Å². The second-order valence-electron chi connectivity index (χ2n) is 1.58. The maximum Gasteiger partial charge on any atom is 0.114 e. The summed E-state index contributed by atoms with van der Waals surface area (Å²) in [5.41, 5.74) is 0.188. The third-order valence-electron chi connectivity index (χ3n) is 0.956. The van der Waals surface area contributed by atoms with Crippen molar-refractivity contribution in [3.8, 4) is 0 Å². The van der Waals surface area contributed by atoms with E-state index in [4.69, 9.17) is 15.6 Å². The Labute approximate surface area is 48.5 Å². The van der Waals surface area contributed by atoms with Crippen molar-refractivity contribution in [2.75, 3.05) is 6.61 Å². The minimum atomic E-state index is -0.944. The summed E-state index contributed by atoms with van der Waals surface area (Å²) in [5, 5.41) is 23.8. The Hall–Kier alpha value is -0.410. The molecule has 0 amide bonds. The summed E-state index contributed by atoms with van der Waals surface area (Å²) in [6.45, 7) is 1.42. The predicted octanol–water partition coefficient (Wildman–Crippen LogP) is -0.231. The van der Waals surface area contributed by atoms with Gasteiger partial charge in [-0.3, -0.25) is 0 Å². The van der Waals surface area contributed by atoms with Crippen LogP contribution < -0.4 is 0 Å². The number of aliphatic hydroxyl groups excluding tert-OH is 2. The zero-order valence-corrected chi connectivity index (χ0v) is 4.89. The van der Waals surface area contributed by atoms with Gasteiger partial charge in [-0.1, -0.05) is 6.92 Å². The smallest absolute Gasteiger partial charge is 0.114 e. The van der Waals surface area contributed by atoms with E-state index in [0.29, 0.717) is 6.42 Å². The number of nitrogens with one attached hydrogen (secondary N) is 1. The first kappa shape index (κ1) is 7.59. The van der Waals surface area contributed by atoms with Gasteiger partial charge in [-0.05, 0) is 6.42 Å². The van der Waals surface area contributed by atoms with Crippen molar-refractivity contribution in [1.82, 2.24) is 0 Å². The molecule has 0 saturated carbocycles. The van der Waals surface area contributed by atoms with Crippen LogP contribution in [-0.4, -0.2) is 28.6 Å². The molecule has 0 aromatic carbocycles. The lowest BCUT2D eigenvalue weighted by Gasteiger charge is -2.04. The van der Waals surface area contributed by atoms with Gasteiger partial charge in [0.25, 0.3) is 0 Å². The minimum absolute atomic E-state index is 0.188. The van der Waals surface area contributed by atoms with Crippen molar-refractivity contribution in [2.24, 2.45) is 0 Å². The molecule has 0 aromatic rings. The van der Waals surface area contributed by atoms with E-state index in [1.807, 2.05) is 0 Å². The summed E-state index contributed by atoms with van der Waals surface area (Å²) in [6.07, 6.45) is -0.443. The lowest BCUT2D eigenvalue weighted by atomic mass is 10.2. The first-order valence-electron chi connectivity index (χ1n) is 2.58. The van der Waals surface area contributed by atoms with Crippen LogP contribution in [0.2, 0.25) is 0 Å². The Morgan fingerprint density at radius 2 is 2.25 bits per heavy atom. The summed E-state index contributed by atoms with van der Waals surface area (Å²) in [6, 6.07) is 0. The van der Waals surface area contributed by atoms with Gasteiger partial charge in [-0.2, -0.15) is 0 Å². The first-order valence-corrected chi connectivity index (χ1v) is 2.58. The molecule has 48 valence electrons. The van der Waals surface area contributed by atoms with Gasteiger partial charge in [0.2, 0.25) is 0 Å². The number of rotatable bonds is 3. The molecule has 0 spiro atoms. The molecule has 0 aliphatic heterocycles. The van der Waals surface area contributed by atoms with E-state index in [2.05, 4.69) is 0 Å². The molecule has 1 atom stereocenters.